The molecule has 1 aliphatic heterocycles. The molecule has 0 bridgehead atoms. The van der Waals surface area contributed by atoms with Crippen molar-refractivity contribution in [3.05, 3.63) is 59.2 Å². The summed E-state index contributed by atoms with van der Waals surface area (Å²) in [5, 5.41) is 8.98. The monoisotopic (exact) mass is 359 g/mol. The van der Waals surface area contributed by atoms with Crippen LogP contribution in [-0.2, 0) is 32.8 Å². The molecule has 1 saturated carbocycles. The van der Waals surface area contributed by atoms with Gasteiger partial charge < -0.3 is 9.84 Å². The van der Waals surface area contributed by atoms with Gasteiger partial charge in [-0.1, -0.05) is 18.2 Å². The molecule has 1 heterocycles. The first-order chi connectivity index (χ1) is 11.9. The van der Waals surface area contributed by atoms with E-state index in [1.54, 1.807) is 42.5 Å². The smallest absolute Gasteiger partial charge is 0.307 e. The van der Waals surface area contributed by atoms with Crippen LogP contribution < -0.4 is 4.72 Å². The van der Waals surface area contributed by atoms with Crippen LogP contribution in [0.25, 0.3) is 0 Å². The first-order valence-corrected chi connectivity index (χ1v) is 9.47. The van der Waals surface area contributed by atoms with Crippen LogP contribution in [0.15, 0.2) is 47.4 Å². The molecular formula is C18H17NO5S. The summed E-state index contributed by atoms with van der Waals surface area (Å²) in [4.78, 5) is 11.1. The van der Waals surface area contributed by atoms with Gasteiger partial charge in [0.2, 0.25) is 0 Å². The van der Waals surface area contributed by atoms with Crippen molar-refractivity contribution in [2.45, 2.75) is 30.4 Å². The lowest BCUT2D eigenvalue weighted by molar-refractivity contribution is -0.138. The lowest BCUT2D eigenvalue weighted by Gasteiger charge is -2.10. The number of anilines is 1. The highest BCUT2D eigenvalue weighted by Gasteiger charge is 2.44. The van der Waals surface area contributed by atoms with Gasteiger partial charge >= 0.3 is 5.97 Å². The quantitative estimate of drug-likeness (QED) is 0.856. The van der Waals surface area contributed by atoms with Crippen LogP contribution in [0, 0.1) is 5.92 Å². The highest BCUT2D eigenvalue weighted by atomic mass is 32.2. The summed E-state index contributed by atoms with van der Waals surface area (Å²) < 4.78 is 33.0. The molecule has 0 spiro atoms. The normalized spacial score (nSPS) is 21.6. The number of hydrogen-bond donors (Lipinski definition) is 2. The predicted molar refractivity (Wildman–Crippen MR) is 90.7 cm³/mol. The number of ether oxygens (including phenoxy) is 1. The molecule has 0 aromatic heterocycles. The number of carbonyl (C=O) groups is 1. The molecule has 4 rings (SSSR count). The van der Waals surface area contributed by atoms with Gasteiger partial charge in [-0.2, -0.15) is 0 Å². The fourth-order valence-electron chi connectivity index (χ4n) is 3.16. The highest BCUT2D eigenvalue weighted by Crippen LogP contribution is 2.47. The molecule has 130 valence electrons. The van der Waals surface area contributed by atoms with Gasteiger partial charge in [-0.15, -0.1) is 0 Å². The van der Waals surface area contributed by atoms with Crippen molar-refractivity contribution in [1.82, 2.24) is 0 Å². The molecule has 0 unspecified atom stereocenters. The molecule has 0 saturated heterocycles. The van der Waals surface area contributed by atoms with Gasteiger partial charge in [-0.3, -0.25) is 9.52 Å². The zero-order valence-corrected chi connectivity index (χ0v) is 14.1. The average Bonchev–Trinajstić information content (AvgIpc) is 3.25. The van der Waals surface area contributed by atoms with E-state index in [2.05, 4.69) is 4.72 Å². The van der Waals surface area contributed by atoms with Gasteiger partial charge in [0.1, 0.15) is 0 Å². The molecule has 2 aromatic carbocycles. The lowest BCUT2D eigenvalue weighted by Crippen LogP contribution is -2.13. The van der Waals surface area contributed by atoms with E-state index >= 15 is 0 Å². The molecule has 0 radical (unpaired) electrons. The SMILES string of the molecule is O=C(O)[C@@H]1C[C@H]1c1ccc(NS(=O)(=O)c2ccc3c(c2)COC3)cc1. The Bertz CT molecular complexity index is 936. The third-order valence-corrected chi connectivity index (χ3v) is 6.08. The summed E-state index contributed by atoms with van der Waals surface area (Å²) in [6, 6.07) is 11.9. The van der Waals surface area contributed by atoms with Crippen LogP contribution in [0.5, 0.6) is 0 Å². The summed E-state index contributed by atoms with van der Waals surface area (Å²) >= 11 is 0. The van der Waals surface area contributed by atoms with E-state index in [-0.39, 0.29) is 16.7 Å². The van der Waals surface area contributed by atoms with Gasteiger partial charge in [0.25, 0.3) is 10.0 Å². The van der Waals surface area contributed by atoms with Crippen LogP contribution in [0.3, 0.4) is 0 Å². The third kappa shape index (κ3) is 3.12. The number of carboxylic acids is 1. The lowest BCUT2D eigenvalue weighted by atomic mass is 10.1. The van der Waals surface area contributed by atoms with Crippen molar-refractivity contribution in [3.8, 4) is 0 Å². The van der Waals surface area contributed by atoms with Gasteiger partial charge in [-0.25, -0.2) is 8.42 Å². The Morgan fingerprint density at radius 1 is 1.08 bits per heavy atom. The molecule has 2 atom stereocenters. The highest BCUT2D eigenvalue weighted by molar-refractivity contribution is 7.92. The van der Waals surface area contributed by atoms with E-state index in [9.17, 15) is 13.2 Å². The Balaban J connectivity index is 1.50. The fraction of sp³-hybridized carbons (Fsp3) is 0.278. The maximum atomic E-state index is 12.5. The number of aliphatic carboxylic acids is 1. The zero-order chi connectivity index (χ0) is 17.6. The molecule has 25 heavy (non-hydrogen) atoms. The summed E-state index contributed by atoms with van der Waals surface area (Å²) in [7, 11) is -3.68. The minimum atomic E-state index is -3.68. The van der Waals surface area contributed by atoms with Gasteiger partial charge in [0, 0.05) is 5.69 Å². The number of nitrogens with one attached hydrogen (secondary N) is 1. The maximum absolute atomic E-state index is 12.5. The van der Waals surface area contributed by atoms with E-state index in [1.807, 2.05) is 0 Å². The molecule has 2 aromatic rings. The first-order valence-electron chi connectivity index (χ1n) is 7.99. The van der Waals surface area contributed by atoms with Crippen LogP contribution in [0.4, 0.5) is 5.69 Å². The Morgan fingerprint density at radius 3 is 2.48 bits per heavy atom. The second-order valence-corrected chi connectivity index (χ2v) is 8.12. The Labute approximate surface area is 145 Å². The summed E-state index contributed by atoms with van der Waals surface area (Å²) in [6.45, 7) is 0.947. The molecule has 7 heteroatoms. The molecule has 1 aliphatic carbocycles. The summed E-state index contributed by atoms with van der Waals surface area (Å²) in [5.41, 5.74) is 3.28. The minimum absolute atomic E-state index is 0.0277. The average molecular weight is 359 g/mol. The van der Waals surface area contributed by atoms with E-state index in [0.29, 0.717) is 25.3 Å². The zero-order valence-electron chi connectivity index (χ0n) is 13.3. The molecular weight excluding hydrogens is 342 g/mol. The number of hydrogen-bond acceptors (Lipinski definition) is 4. The van der Waals surface area contributed by atoms with E-state index < -0.39 is 16.0 Å². The van der Waals surface area contributed by atoms with Gasteiger partial charge in [-0.05, 0) is 53.3 Å². The van der Waals surface area contributed by atoms with Gasteiger partial charge in [0.05, 0.1) is 24.0 Å². The van der Waals surface area contributed by atoms with Crippen molar-refractivity contribution in [3.63, 3.8) is 0 Å². The van der Waals surface area contributed by atoms with Crippen LogP contribution >= 0.6 is 0 Å². The molecule has 0 amide bonds. The van der Waals surface area contributed by atoms with Crippen molar-refractivity contribution in [1.29, 1.82) is 0 Å². The second kappa shape index (κ2) is 5.86. The van der Waals surface area contributed by atoms with Crippen LogP contribution in [0.2, 0.25) is 0 Å². The van der Waals surface area contributed by atoms with Crippen molar-refractivity contribution in [2.24, 2.45) is 5.92 Å². The minimum Gasteiger partial charge on any atom is -0.481 e. The summed E-state index contributed by atoms with van der Waals surface area (Å²) in [6.07, 6.45) is 0.637. The second-order valence-electron chi connectivity index (χ2n) is 6.44. The standard InChI is InChI=1S/C18H17NO5S/c20-18(21)17-8-16(17)11-1-4-14(5-2-11)19-25(22,23)15-6-3-12-9-24-10-13(12)7-15/h1-7,16-17,19H,8-10H2,(H,20,21)/t16-,17+/m0/s1. The molecule has 1 fully saturated rings. The molecule has 6 nitrogen and oxygen atoms in total. The number of sulfonamides is 1. The summed E-state index contributed by atoms with van der Waals surface area (Å²) in [5.74, 6) is -1.08. The topological polar surface area (TPSA) is 92.7 Å². The number of carboxylic acid groups (broad SMARTS) is 1. The Kier molecular flexibility index (Phi) is 3.77. The Hall–Kier alpha value is -2.38. The maximum Gasteiger partial charge on any atom is 0.307 e. The van der Waals surface area contributed by atoms with E-state index in [0.717, 1.165) is 16.7 Å². The van der Waals surface area contributed by atoms with E-state index in [4.69, 9.17) is 9.84 Å². The van der Waals surface area contributed by atoms with Crippen molar-refractivity contribution < 1.29 is 23.1 Å². The van der Waals surface area contributed by atoms with Crippen LogP contribution in [-0.4, -0.2) is 19.5 Å². The number of rotatable bonds is 5. The molecule has 2 aliphatic rings. The first kappa shape index (κ1) is 16.1. The largest absolute Gasteiger partial charge is 0.481 e. The van der Waals surface area contributed by atoms with Crippen molar-refractivity contribution in [2.75, 3.05) is 4.72 Å². The third-order valence-electron chi connectivity index (χ3n) is 4.70. The Morgan fingerprint density at radius 2 is 1.80 bits per heavy atom. The van der Waals surface area contributed by atoms with Gasteiger partial charge in [0.15, 0.2) is 0 Å². The van der Waals surface area contributed by atoms with Crippen LogP contribution in [0.1, 0.15) is 29.0 Å². The van der Waals surface area contributed by atoms with E-state index in [1.165, 1.54) is 0 Å². The molecule has 2 N–H and O–H groups in total. The number of fused-ring (bicyclic) bond motifs is 1. The fourth-order valence-corrected chi connectivity index (χ4v) is 4.27. The predicted octanol–water partition coefficient (Wildman–Crippen LogP) is 2.71. The number of benzene rings is 2. The van der Waals surface area contributed by atoms with Crippen molar-refractivity contribution >= 4 is 21.7 Å².